The number of rotatable bonds is 6. The lowest BCUT2D eigenvalue weighted by Crippen LogP contribution is -2.25. The average Bonchev–Trinajstić information content (AvgIpc) is 3.02. The molecule has 7 heteroatoms. The maximum atomic E-state index is 10.0. The molecular formula is C16H17N5O2. The summed E-state index contributed by atoms with van der Waals surface area (Å²) in [5, 5.41) is 22.2. The fourth-order valence-corrected chi connectivity index (χ4v) is 2.07. The minimum atomic E-state index is -0.730. The fraction of sp³-hybridized carbons (Fsp3) is 0.250. The molecule has 2 aromatic heterocycles. The molecule has 0 saturated heterocycles. The molecule has 0 radical (unpaired) electrons. The van der Waals surface area contributed by atoms with Gasteiger partial charge in [0.2, 0.25) is 5.82 Å². The van der Waals surface area contributed by atoms with Gasteiger partial charge in [-0.1, -0.05) is 12.1 Å². The van der Waals surface area contributed by atoms with E-state index in [9.17, 15) is 5.11 Å². The van der Waals surface area contributed by atoms with Gasteiger partial charge < -0.3 is 9.84 Å². The third-order valence-electron chi connectivity index (χ3n) is 3.18. The standard InChI is InChI=1S/C16H17N5O2/c1-12-4-2-6-15(8-12)23-11-14(22)10-21-19-16(18-20-21)13-5-3-7-17-9-13/h2-9,14,22H,10-11H2,1H3/t14-/m0/s1. The second-order valence-corrected chi connectivity index (χ2v) is 5.19. The van der Waals surface area contributed by atoms with Gasteiger partial charge in [-0.25, -0.2) is 0 Å². The van der Waals surface area contributed by atoms with Crippen LogP contribution in [0.1, 0.15) is 5.56 Å². The minimum absolute atomic E-state index is 0.160. The zero-order chi connectivity index (χ0) is 16.1. The van der Waals surface area contributed by atoms with Gasteiger partial charge in [-0.3, -0.25) is 4.98 Å². The fourth-order valence-electron chi connectivity index (χ4n) is 2.07. The predicted molar refractivity (Wildman–Crippen MR) is 83.7 cm³/mol. The second kappa shape index (κ2) is 6.97. The van der Waals surface area contributed by atoms with E-state index in [2.05, 4.69) is 20.4 Å². The summed E-state index contributed by atoms with van der Waals surface area (Å²) >= 11 is 0. The summed E-state index contributed by atoms with van der Waals surface area (Å²) in [5.41, 5.74) is 1.89. The number of hydrogen-bond donors (Lipinski definition) is 1. The molecule has 23 heavy (non-hydrogen) atoms. The Morgan fingerprint density at radius 1 is 1.26 bits per heavy atom. The van der Waals surface area contributed by atoms with Crippen molar-refractivity contribution < 1.29 is 9.84 Å². The van der Waals surface area contributed by atoms with Gasteiger partial charge in [0, 0.05) is 18.0 Å². The van der Waals surface area contributed by atoms with Crippen molar-refractivity contribution in [3.05, 3.63) is 54.4 Å². The van der Waals surface area contributed by atoms with Crippen LogP contribution in [-0.4, -0.2) is 43.0 Å². The first-order chi connectivity index (χ1) is 11.2. The molecule has 0 fully saturated rings. The summed E-state index contributed by atoms with van der Waals surface area (Å²) in [6, 6.07) is 11.3. The van der Waals surface area contributed by atoms with Crippen molar-refractivity contribution in [2.45, 2.75) is 19.6 Å². The molecule has 1 atom stereocenters. The van der Waals surface area contributed by atoms with Crippen LogP contribution in [0.25, 0.3) is 11.4 Å². The normalized spacial score (nSPS) is 12.1. The van der Waals surface area contributed by atoms with E-state index in [0.29, 0.717) is 5.82 Å². The van der Waals surface area contributed by atoms with Crippen LogP contribution in [0.15, 0.2) is 48.8 Å². The highest BCUT2D eigenvalue weighted by Gasteiger charge is 2.11. The van der Waals surface area contributed by atoms with Gasteiger partial charge >= 0.3 is 0 Å². The number of nitrogens with zero attached hydrogens (tertiary/aromatic N) is 5. The third kappa shape index (κ3) is 4.10. The van der Waals surface area contributed by atoms with Gasteiger partial charge in [-0.2, -0.15) is 4.80 Å². The Kier molecular flexibility index (Phi) is 4.58. The highest BCUT2D eigenvalue weighted by atomic mass is 16.5. The number of ether oxygens (including phenoxy) is 1. The Balaban J connectivity index is 1.56. The molecule has 0 unspecified atom stereocenters. The first kappa shape index (κ1) is 15.1. The van der Waals surface area contributed by atoms with Crippen LogP contribution in [0.3, 0.4) is 0 Å². The molecule has 3 rings (SSSR count). The number of hydrogen-bond acceptors (Lipinski definition) is 6. The molecule has 0 aliphatic heterocycles. The molecule has 118 valence electrons. The molecule has 0 aliphatic rings. The summed E-state index contributed by atoms with van der Waals surface area (Å²) in [5.74, 6) is 1.21. The molecule has 7 nitrogen and oxygen atoms in total. The summed E-state index contributed by atoms with van der Waals surface area (Å²) in [6.45, 7) is 2.36. The van der Waals surface area contributed by atoms with Crippen molar-refractivity contribution in [2.75, 3.05) is 6.61 Å². The van der Waals surface area contributed by atoms with Crippen LogP contribution in [0.2, 0.25) is 0 Å². The quantitative estimate of drug-likeness (QED) is 0.742. The van der Waals surface area contributed by atoms with Crippen molar-refractivity contribution in [3.8, 4) is 17.1 Å². The average molecular weight is 311 g/mol. The van der Waals surface area contributed by atoms with Crippen LogP contribution < -0.4 is 4.74 Å². The highest BCUT2D eigenvalue weighted by Crippen LogP contribution is 2.13. The number of tetrazole rings is 1. The number of aromatic nitrogens is 5. The van der Waals surface area contributed by atoms with Gasteiger partial charge in [0.25, 0.3) is 0 Å². The monoisotopic (exact) mass is 311 g/mol. The SMILES string of the molecule is Cc1cccc(OC[C@@H](O)Cn2nnc(-c3cccnc3)n2)c1. The topological polar surface area (TPSA) is 86.0 Å². The second-order valence-electron chi connectivity index (χ2n) is 5.19. The Morgan fingerprint density at radius 2 is 2.17 bits per heavy atom. The molecular weight excluding hydrogens is 294 g/mol. The Bertz CT molecular complexity index is 760. The Morgan fingerprint density at radius 3 is 2.96 bits per heavy atom. The molecule has 1 N–H and O–H groups in total. The number of aliphatic hydroxyl groups is 1. The first-order valence-electron chi connectivity index (χ1n) is 7.26. The summed E-state index contributed by atoms with van der Waals surface area (Å²) in [6.07, 6.45) is 2.62. The van der Waals surface area contributed by atoms with Gasteiger partial charge in [0.1, 0.15) is 18.5 Å². The minimum Gasteiger partial charge on any atom is -0.491 e. The van der Waals surface area contributed by atoms with Crippen LogP contribution in [0.5, 0.6) is 5.75 Å². The molecule has 0 saturated carbocycles. The van der Waals surface area contributed by atoms with Gasteiger partial charge in [-0.05, 0) is 42.0 Å². The van der Waals surface area contributed by atoms with Crippen molar-refractivity contribution in [2.24, 2.45) is 0 Å². The number of pyridine rings is 1. The van der Waals surface area contributed by atoms with Gasteiger partial charge in [-0.15, -0.1) is 10.2 Å². The Hall–Kier alpha value is -2.80. The number of aryl methyl sites for hydroxylation is 1. The van der Waals surface area contributed by atoms with Crippen molar-refractivity contribution in [1.82, 2.24) is 25.2 Å². The number of aliphatic hydroxyl groups excluding tert-OH is 1. The maximum absolute atomic E-state index is 10.0. The zero-order valence-electron chi connectivity index (χ0n) is 12.7. The highest BCUT2D eigenvalue weighted by molar-refractivity contribution is 5.51. The Labute approximate surface area is 133 Å². The van der Waals surface area contributed by atoms with Crippen molar-refractivity contribution >= 4 is 0 Å². The van der Waals surface area contributed by atoms with E-state index in [1.165, 1.54) is 4.80 Å². The van der Waals surface area contributed by atoms with Crippen molar-refractivity contribution in [1.29, 1.82) is 0 Å². The van der Waals surface area contributed by atoms with E-state index < -0.39 is 6.10 Å². The van der Waals surface area contributed by atoms with Crippen molar-refractivity contribution in [3.63, 3.8) is 0 Å². The molecule has 0 spiro atoms. The van der Waals surface area contributed by atoms with Crippen LogP contribution in [0, 0.1) is 6.92 Å². The molecule has 2 heterocycles. The first-order valence-corrected chi connectivity index (χ1v) is 7.26. The van der Waals surface area contributed by atoms with Crippen LogP contribution >= 0.6 is 0 Å². The van der Waals surface area contributed by atoms with E-state index in [-0.39, 0.29) is 13.2 Å². The van der Waals surface area contributed by atoms with E-state index in [0.717, 1.165) is 16.9 Å². The lowest BCUT2D eigenvalue weighted by molar-refractivity contribution is 0.0849. The summed E-state index contributed by atoms with van der Waals surface area (Å²) in [7, 11) is 0. The zero-order valence-corrected chi connectivity index (χ0v) is 12.7. The van der Waals surface area contributed by atoms with E-state index in [1.807, 2.05) is 37.3 Å². The molecule has 0 bridgehead atoms. The molecule has 0 amide bonds. The lowest BCUT2D eigenvalue weighted by atomic mass is 10.2. The number of benzene rings is 1. The maximum Gasteiger partial charge on any atom is 0.206 e. The van der Waals surface area contributed by atoms with E-state index >= 15 is 0 Å². The van der Waals surface area contributed by atoms with Gasteiger partial charge in [0.15, 0.2) is 0 Å². The van der Waals surface area contributed by atoms with E-state index in [4.69, 9.17) is 4.74 Å². The molecule has 1 aromatic carbocycles. The largest absolute Gasteiger partial charge is 0.491 e. The third-order valence-corrected chi connectivity index (χ3v) is 3.18. The smallest absolute Gasteiger partial charge is 0.206 e. The molecule has 0 aliphatic carbocycles. The summed E-state index contributed by atoms with van der Waals surface area (Å²) in [4.78, 5) is 5.37. The van der Waals surface area contributed by atoms with Gasteiger partial charge in [0.05, 0.1) is 6.54 Å². The summed E-state index contributed by atoms with van der Waals surface area (Å²) < 4.78 is 5.56. The molecule has 3 aromatic rings. The van der Waals surface area contributed by atoms with Crippen LogP contribution in [0.4, 0.5) is 0 Å². The van der Waals surface area contributed by atoms with Crippen LogP contribution in [-0.2, 0) is 6.54 Å². The van der Waals surface area contributed by atoms with E-state index in [1.54, 1.807) is 18.5 Å². The lowest BCUT2D eigenvalue weighted by Gasteiger charge is -2.11. The predicted octanol–water partition coefficient (Wildman–Crippen LogP) is 1.48.